The fourth-order valence-corrected chi connectivity index (χ4v) is 19.0. The number of urea groups is 5. The van der Waals surface area contributed by atoms with E-state index in [2.05, 4.69) is 69.5 Å². The third kappa shape index (κ3) is 27.4. The summed E-state index contributed by atoms with van der Waals surface area (Å²) in [5.74, 6) is -2.18. The molecule has 0 aromatic carbocycles. The summed E-state index contributed by atoms with van der Waals surface area (Å²) in [5.41, 5.74) is 49.3. The Morgan fingerprint density at radius 1 is 0.436 bits per heavy atom. The maximum atomic E-state index is 12.3. The normalized spacial score (nSPS) is 23.7. The van der Waals surface area contributed by atoms with E-state index in [1.165, 1.54) is 48.7 Å². The molecule has 15 rings (SSSR count). The van der Waals surface area contributed by atoms with Crippen molar-refractivity contribution in [2.75, 3.05) is 77.7 Å². The second kappa shape index (κ2) is 44.1. The molecule has 10 saturated heterocycles. The second-order valence-electron chi connectivity index (χ2n) is 30.5. The molecule has 0 spiro atoms. The fraction of sp³-hybridized carbons (Fsp3) is 0.603. The molecule has 10 aliphatic rings. The number of nitrogen functional groups attached to an aromatic ring is 1. The number of hydroxylamine groups is 15. The summed E-state index contributed by atoms with van der Waals surface area (Å²) in [6, 6.07) is -13.4. The Morgan fingerprint density at radius 3 is 1.08 bits per heavy atom. The van der Waals surface area contributed by atoms with Gasteiger partial charge in [0, 0.05) is 93.4 Å². The van der Waals surface area contributed by atoms with Crippen molar-refractivity contribution in [3.05, 3.63) is 80.7 Å². The molecule has 10 bridgehead atoms. The highest BCUT2D eigenvalue weighted by molar-refractivity contribution is 7.86. The van der Waals surface area contributed by atoms with Gasteiger partial charge in [-0.05, 0) is 64.2 Å². The Morgan fingerprint density at radius 2 is 0.782 bits per heavy atom. The number of amides is 15. The van der Waals surface area contributed by atoms with Crippen LogP contribution in [0.3, 0.4) is 0 Å². The molecule has 5 aromatic rings. The summed E-state index contributed by atoms with van der Waals surface area (Å²) in [5, 5.41) is 7.57. The summed E-state index contributed by atoms with van der Waals surface area (Å²) in [7, 11) is -19.6. The number of nitrogens with zero attached hydrogens (tertiary/aromatic N) is 17. The quantitative estimate of drug-likeness (QED) is 0.0133. The van der Waals surface area contributed by atoms with Gasteiger partial charge in [-0.1, -0.05) is 0 Å². The number of carbonyl (C=O) groups is 10. The largest absolute Gasteiger partial charge is 0.418 e. The summed E-state index contributed by atoms with van der Waals surface area (Å²) in [4.78, 5) is 175. The van der Waals surface area contributed by atoms with E-state index in [0.29, 0.717) is 80.4 Å². The average molecular weight is 2040 g/mol. The zero-order valence-corrected chi connectivity index (χ0v) is 76.4. The molecule has 0 aliphatic carbocycles. The highest BCUT2D eigenvalue weighted by Gasteiger charge is 2.55. The SMILES string of the molecule is CS(=O)(=O)ON1C(=O)N2C[C@H]1CC[C@H]2C(=O)NOCC(N)c1cncs1.Cn1ccnc1C(N)CONC(=O)[C@@H]1CC[C@@H]2CN1C(=O)N2OS(=O)(=O)O.Cn1cncc1C(N)CONC(=O)[C@@H]1CC[C@@H]2CN1C(=O)N2OS(=O)(=O)O.NC(CONC(=O)[C@@H]1CC[C@@H]2CN1C(=O)N2OS(=O)(=O)O)c1nccs1.Nc1nc(C(N)CONC(=O)[C@@H]2CC[C@@H]3CN2C(=O)N3OS(=O)(=O)O)cs1. The number of hydrogen-bond donors (Lipinski definition) is 15. The molecule has 133 heavy (non-hydrogen) atoms. The van der Waals surface area contributed by atoms with Crippen molar-refractivity contribution >= 4 is 151 Å². The fourth-order valence-electron chi connectivity index (χ4n) is 15.1. The number of aromatic nitrogens is 7. The molecule has 10 fully saturated rings. The number of aryl methyl sites for hydroxylation is 2. The zero-order valence-electron chi connectivity index (χ0n) is 69.9. The first-order valence-electron chi connectivity index (χ1n) is 39.4. The first-order valence-corrected chi connectivity index (χ1v) is 49.3. The van der Waals surface area contributed by atoms with Crippen LogP contribution in [0.2, 0.25) is 0 Å². The molecular weight excluding hydrogens is 1950 g/mol. The van der Waals surface area contributed by atoms with Crippen LogP contribution in [0.25, 0.3) is 0 Å². The molecule has 5 unspecified atom stereocenters. The van der Waals surface area contributed by atoms with Gasteiger partial charge in [0.15, 0.2) is 5.13 Å². The van der Waals surface area contributed by atoms with Crippen molar-refractivity contribution in [1.29, 1.82) is 0 Å². The predicted octanol–water partition coefficient (Wildman–Crippen LogP) is -5.74. The van der Waals surface area contributed by atoms with Gasteiger partial charge in [-0.15, -0.1) is 55.4 Å². The van der Waals surface area contributed by atoms with Crippen molar-refractivity contribution in [1.82, 2.24) is 111 Å². The molecular formula is C63H94N28O34S8. The maximum Gasteiger partial charge on any atom is 0.418 e. The van der Waals surface area contributed by atoms with Crippen LogP contribution in [-0.4, -0.2) is 336 Å². The van der Waals surface area contributed by atoms with E-state index < -0.39 is 202 Å². The Bertz CT molecular complexity index is 5310. The number of nitrogens with two attached hydrogens (primary N) is 6. The highest BCUT2D eigenvalue weighted by Crippen LogP contribution is 2.37. The van der Waals surface area contributed by atoms with Gasteiger partial charge in [-0.25, -0.2) is 71.3 Å². The zero-order chi connectivity index (χ0) is 97.1. The van der Waals surface area contributed by atoms with Gasteiger partial charge in [0.1, 0.15) is 41.0 Å². The number of thiazole rings is 3. The van der Waals surface area contributed by atoms with Crippen LogP contribution in [0.5, 0.6) is 0 Å². The van der Waals surface area contributed by atoms with E-state index in [9.17, 15) is 90.0 Å². The second-order valence-corrected chi connectivity index (χ2v) is 38.8. The van der Waals surface area contributed by atoms with Crippen molar-refractivity contribution in [2.24, 2.45) is 42.8 Å². The highest BCUT2D eigenvalue weighted by atomic mass is 32.3. The Kier molecular flexibility index (Phi) is 34.2. The van der Waals surface area contributed by atoms with Crippen LogP contribution >= 0.6 is 34.0 Å². The molecule has 15 heterocycles. The Balaban J connectivity index is 0.000000160. The number of nitrogens with one attached hydrogen (secondary N) is 5. The summed E-state index contributed by atoms with van der Waals surface area (Å²) in [6.45, 7) is 0.559. The van der Waals surface area contributed by atoms with Crippen molar-refractivity contribution in [3.63, 3.8) is 0 Å². The molecule has 62 nitrogen and oxygen atoms in total. The summed E-state index contributed by atoms with van der Waals surface area (Å²) >= 11 is 3.97. The molecule has 10 aliphatic heterocycles. The van der Waals surface area contributed by atoms with E-state index in [-0.39, 0.29) is 91.4 Å². The van der Waals surface area contributed by atoms with Gasteiger partial charge in [0.2, 0.25) is 0 Å². The number of rotatable bonds is 35. The Hall–Kier alpha value is -10.2. The van der Waals surface area contributed by atoms with E-state index in [1.807, 2.05) is 0 Å². The van der Waals surface area contributed by atoms with Crippen LogP contribution in [0.4, 0.5) is 29.1 Å². The smallest absolute Gasteiger partial charge is 0.375 e. The van der Waals surface area contributed by atoms with Crippen molar-refractivity contribution in [3.8, 4) is 0 Å². The summed E-state index contributed by atoms with van der Waals surface area (Å²) in [6.07, 6.45) is 13.8. The predicted molar refractivity (Wildman–Crippen MR) is 443 cm³/mol. The first kappa shape index (κ1) is 103. The number of carbonyl (C=O) groups excluding carboxylic acids is 10. The molecule has 738 valence electrons. The van der Waals surface area contributed by atoms with Gasteiger partial charge in [-0.3, -0.25) is 71.4 Å². The molecule has 5 aromatic heterocycles. The monoisotopic (exact) mass is 2040 g/mol. The third-order valence-electron chi connectivity index (χ3n) is 21.1. The number of piperidine rings is 5. The van der Waals surface area contributed by atoms with Crippen LogP contribution < -0.4 is 61.8 Å². The van der Waals surface area contributed by atoms with Gasteiger partial charge in [-0.2, -0.15) is 67.4 Å². The lowest BCUT2D eigenvalue weighted by atomic mass is 10.0. The standard InChI is InChI=1S/2C13H20N6O7S.C13H19N5O6S2.C12H18N6O7S2.C12H17N5O7S2/c1-17-7-15-4-11(17)9(14)6-25-16-12(20)10-3-2-8-5-18(10)13(21)19(8)26-27(22,23)24;1-17-5-4-15-11(17)9(14)7-25-16-12(20)10-3-2-8-6-18(10)13(21)19(8)26-27(22,23)24;1-26(21,22)24-18-8-2-3-10(17(5-8)13(18)20)12(19)16-23-6-9(14)11-4-15-7-25-11;13-7(8-5-26-11(14)15-8)4-24-16-10(19)9-2-1-6-3-17(9)12(20)18(6)25-27(21,22)23;13-8(11-14-3-4-25-11)6-23-15-10(18)9-2-1-7-5-16(9)12(19)17(7)24-26(20,21)22/h4,7-10H,2-3,5-6,14H2,1H3,(H,16,20)(H,22,23,24);4-5,8-10H,2-3,6-7,14H2,1H3,(H,16,20)(H,22,23,24);4,7-10H,2-3,5-6,14H2,1H3,(H,16,19);5-7,9H,1-4,13H2,(H2,14,15)(H,16,19)(H,21,22,23);3-4,7-9H,1-2,5-6,13H2,(H,15,18)(H,20,21,22)/t3*8-,9?,10+;6-,7?,9+;7-,8?,9+/m11111/s1. The van der Waals surface area contributed by atoms with E-state index >= 15 is 0 Å². The number of hydrogen-bond acceptors (Lipinski definition) is 44. The lowest BCUT2D eigenvalue weighted by Gasteiger charge is -2.29. The van der Waals surface area contributed by atoms with E-state index in [4.69, 9.17) is 81.1 Å². The summed E-state index contributed by atoms with van der Waals surface area (Å²) < 4.78 is 170. The van der Waals surface area contributed by atoms with Gasteiger partial charge in [0.25, 0.3) is 39.7 Å². The molecule has 21 N–H and O–H groups in total. The van der Waals surface area contributed by atoms with Crippen LogP contribution in [0, 0.1) is 0 Å². The molecule has 15 amide bonds. The van der Waals surface area contributed by atoms with Crippen molar-refractivity contribution in [2.45, 2.75) is 155 Å². The Labute approximate surface area is 767 Å². The van der Waals surface area contributed by atoms with Crippen LogP contribution in [0.15, 0.2) is 53.6 Å². The van der Waals surface area contributed by atoms with Gasteiger partial charge in [0.05, 0.1) is 123 Å². The molecule has 0 saturated carbocycles. The number of anilines is 1. The van der Waals surface area contributed by atoms with Crippen molar-refractivity contribution < 1.29 is 154 Å². The lowest BCUT2D eigenvalue weighted by Crippen LogP contribution is -2.50. The minimum atomic E-state index is -4.84. The first-order chi connectivity index (χ1) is 62.5. The van der Waals surface area contributed by atoms with Crippen LogP contribution in [-0.2, 0) is 135 Å². The van der Waals surface area contributed by atoms with Gasteiger partial charge >= 0.3 is 71.8 Å². The molecule has 15 atom stereocenters. The van der Waals surface area contributed by atoms with E-state index in [0.717, 1.165) is 31.7 Å². The minimum absolute atomic E-state index is 0.000533. The third-order valence-corrected chi connectivity index (χ3v) is 25.5. The number of fused-ring (bicyclic) bond motifs is 10. The average Bonchev–Trinajstić information content (AvgIpc) is 1.65. The van der Waals surface area contributed by atoms with Gasteiger partial charge < -0.3 is 68.0 Å². The number of imidazole rings is 2. The van der Waals surface area contributed by atoms with Crippen LogP contribution in [0.1, 0.15) is 122 Å². The molecule has 0 radical (unpaired) electrons. The molecule has 70 heteroatoms. The topological polar surface area (TPSA) is 838 Å². The van der Waals surface area contributed by atoms with E-state index in [1.54, 1.807) is 76.8 Å². The lowest BCUT2D eigenvalue weighted by molar-refractivity contribution is -0.139. The minimum Gasteiger partial charge on any atom is -0.375 e. The maximum absolute atomic E-state index is 12.3.